The van der Waals surface area contributed by atoms with E-state index in [4.69, 9.17) is 32.7 Å². The molecule has 12 heteroatoms. The van der Waals surface area contributed by atoms with Gasteiger partial charge in [0.2, 0.25) is 0 Å². The van der Waals surface area contributed by atoms with Crippen LogP contribution in [0.25, 0.3) is 22.1 Å². The summed E-state index contributed by atoms with van der Waals surface area (Å²) in [6.45, 7) is 1.25. The minimum absolute atomic E-state index is 0.134. The maximum Gasteiger partial charge on any atom is 0.296 e. The molecule has 0 aliphatic heterocycles. The number of methoxy groups -OCH3 is 2. The lowest BCUT2D eigenvalue weighted by molar-refractivity contribution is -0.112. The smallest absolute Gasteiger partial charge is 0.296 e. The molecule has 5 aromatic heterocycles. The number of benzene rings is 2. The molecule has 7 aromatic rings. The first-order valence-electron chi connectivity index (χ1n) is 15.1. The average molecular weight is 694 g/mol. The van der Waals surface area contributed by atoms with Gasteiger partial charge in [0.05, 0.1) is 35.5 Å². The molecule has 10 nitrogen and oxygen atoms in total. The number of carbonyl (C=O) groups excluding carboxylic acids is 2. The number of nitrogens with one attached hydrogen (secondary N) is 1. The van der Waals surface area contributed by atoms with Crippen LogP contribution in [0.2, 0.25) is 10.0 Å². The van der Waals surface area contributed by atoms with E-state index in [1.54, 1.807) is 38.7 Å². The number of hydrogen-bond acceptors (Lipinski definition) is 7. The summed E-state index contributed by atoms with van der Waals surface area (Å²) in [5.41, 5.74) is 4.12. The second kappa shape index (κ2) is 15.0. The van der Waals surface area contributed by atoms with E-state index in [0.717, 1.165) is 29.3 Å². The standard InChI is InChI=1S/C22H16Cl2N4O3.C15H14N2O/c1-31-14-5-2-4-13(8-14)11-28-12-16(15-6-3-7-26-21(15)28)20(29)22(30)27-19-17(23)9-25-10-18(19)24;1-18-14-6-2-4-12(10-14)11-17-9-7-13-5-3-8-16-15(13)17/h2-10,12H,11H2,1H3,(H,25,27,30);2-10H,11H2,1H3. The van der Waals surface area contributed by atoms with Gasteiger partial charge in [-0.3, -0.25) is 14.6 Å². The lowest BCUT2D eigenvalue weighted by Gasteiger charge is -2.07. The van der Waals surface area contributed by atoms with E-state index in [1.165, 1.54) is 23.3 Å². The number of amides is 1. The summed E-state index contributed by atoms with van der Waals surface area (Å²) in [5.74, 6) is 0.0197. The van der Waals surface area contributed by atoms with Crippen molar-refractivity contribution < 1.29 is 19.1 Å². The van der Waals surface area contributed by atoms with E-state index in [9.17, 15) is 9.59 Å². The highest BCUT2D eigenvalue weighted by molar-refractivity contribution is 6.50. The molecule has 0 spiro atoms. The third-order valence-corrected chi connectivity index (χ3v) is 8.25. The van der Waals surface area contributed by atoms with Gasteiger partial charge in [-0.15, -0.1) is 0 Å². The quantitative estimate of drug-likeness (QED) is 0.122. The van der Waals surface area contributed by atoms with E-state index >= 15 is 0 Å². The molecular weight excluding hydrogens is 663 g/mol. The monoisotopic (exact) mass is 692 g/mol. The van der Waals surface area contributed by atoms with Gasteiger partial charge in [0.15, 0.2) is 0 Å². The van der Waals surface area contributed by atoms with Crippen LogP contribution >= 0.6 is 23.2 Å². The molecule has 0 fully saturated rings. The highest BCUT2D eigenvalue weighted by atomic mass is 35.5. The van der Waals surface area contributed by atoms with Gasteiger partial charge in [-0.05, 0) is 65.7 Å². The number of anilines is 1. The second-order valence-corrected chi connectivity index (χ2v) is 11.7. The number of carbonyl (C=O) groups is 2. The van der Waals surface area contributed by atoms with Crippen LogP contribution in [0.4, 0.5) is 5.69 Å². The summed E-state index contributed by atoms with van der Waals surface area (Å²) >= 11 is 12.1. The summed E-state index contributed by atoms with van der Waals surface area (Å²) < 4.78 is 14.5. The van der Waals surface area contributed by atoms with E-state index in [-0.39, 0.29) is 21.3 Å². The molecule has 0 saturated heterocycles. The Bertz CT molecular complexity index is 2260. The number of ether oxygens (including phenoxy) is 2. The van der Waals surface area contributed by atoms with E-state index in [2.05, 4.69) is 55.3 Å². The molecule has 1 amide bonds. The second-order valence-electron chi connectivity index (χ2n) is 10.9. The number of ketones is 1. The first-order chi connectivity index (χ1) is 23.8. The van der Waals surface area contributed by atoms with Crippen molar-refractivity contribution in [3.8, 4) is 11.5 Å². The van der Waals surface area contributed by atoms with Crippen molar-refractivity contribution >= 4 is 62.6 Å². The largest absolute Gasteiger partial charge is 0.497 e. The van der Waals surface area contributed by atoms with Crippen LogP contribution in [0.1, 0.15) is 21.5 Å². The molecule has 5 heterocycles. The fourth-order valence-electron chi connectivity index (χ4n) is 5.33. The molecule has 0 atom stereocenters. The Kier molecular flexibility index (Phi) is 10.2. The highest BCUT2D eigenvalue weighted by Gasteiger charge is 2.24. The van der Waals surface area contributed by atoms with E-state index in [1.807, 2.05) is 53.2 Å². The van der Waals surface area contributed by atoms with Crippen LogP contribution in [0, 0.1) is 0 Å². The topological polar surface area (TPSA) is 113 Å². The molecule has 1 N–H and O–H groups in total. The molecule has 0 aliphatic carbocycles. The molecule has 0 saturated carbocycles. The Morgan fingerprint density at radius 1 is 0.755 bits per heavy atom. The zero-order valence-corrected chi connectivity index (χ0v) is 28.0. The average Bonchev–Trinajstić information content (AvgIpc) is 3.71. The summed E-state index contributed by atoms with van der Waals surface area (Å²) in [6, 6.07) is 25.3. The van der Waals surface area contributed by atoms with Crippen LogP contribution in [-0.4, -0.2) is 50.0 Å². The van der Waals surface area contributed by atoms with Crippen LogP contribution in [0.5, 0.6) is 11.5 Å². The van der Waals surface area contributed by atoms with Gasteiger partial charge >= 0.3 is 0 Å². The summed E-state index contributed by atoms with van der Waals surface area (Å²) in [4.78, 5) is 38.3. The fraction of sp³-hybridized carbons (Fsp3) is 0.108. The van der Waals surface area contributed by atoms with Crippen molar-refractivity contribution in [1.82, 2.24) is 24.1 Å². The Morgan fingerprint density at radius 2 is 1.37 bits per heavy atom. The first-order valence-corrected chi connectivity index (χ1v) is 15.8. The SMILES string of the molecule is COc1cccc(Cn2cc(C(=O)C(=O)Nc3c(Cl)cncc3Cl)c3cccnc32)c1.COc1cccc(Cn2ccc3cccnc32)c1. The summed E-state index contributed by atoms with van der Waals surface area (Å²) in [7, 11) is 3.29. The minimum atomic E-state index is -0.862. The fourth-order valence-corrected chi connectivity index (χ4v) is 5.79. The van der Waals surface area contributed by atoms with Crippen LogP contribution in [0.15, 0.2) is 116 Å². The normalized spacial score (nSPS) is 10.8. The molecule has 7 rings (SSSR count). The van der Waals surface area contributed by atoms with Crippen molar-refractivity contribution in [2.45, 2.75) is 13.1 Å². The molecule has 246 valence electrons. The zero-order valence-electron chi connectivity index (χ0n) is 26.5. The number of pyridine rings is 3. The number of aromatic nitrogens is 5. The van der Waals surface area contributed by atoms with Crippen molar-refractivity contribution in [3.63, 3.8) is 0 Å². The summed E-state index contributed by atoms with van der Waals surface area (Å²) in [5, 5.41) is 4.48. The Morgan fingerprint density at radius 3 is 2.02 bits per heavy atom. The minimum Gasteiger partial charge on any atom is -0.497 e. The number of Topliss-reactive ketones (excluding diaryl/α,β-unsaturated/α-hetero) is 1. The number of fused-ring (bicyclic) bond motifs is 2. The predicted molar refractivity (Wildman–Crippen MR) is 191 cm³/mol. The van der Waals surface area contributed by atoms with E-state index in [0.29, 0.717) is 17.6 Å². The molecule has 0 unspecified atom stereocenters. The van der Waals surface area contributed by atoms with Gasteiger partial charge < -0.3 is 23.9 Å². The molecule has 0 bridgehead atoms. The maximum atomic E-state index is 13.0. The number of hydrogen-bond donors (Lipinski definition) is 1. The number of rotatable bonds is 9. The van der Waals surface area contributed by atoms with Crippen molar-refractivity contribution in [2.75, 3.05) is 19.5 Å². The molecular formula is C37H30Cl2N6O4. The molecule has 49 heavy (non-hydrogen) atoms. The Balaban J connectivity index is 0.000000195. The first kappa shape index (κ1) is 33.2. The van der Waals surface area contributed by atoms with Crippen molar-refractivity contribution in [2.24, 2.45) is 0 Å². The Labute approximate surface area is 291 Å². The summed E-state index contributed by atoms with van der Waals surface area (Å²) in [6.07, 6.45) is 9.81. The third kappa shape index (κ3) is 7.56. The molecule has 0 radical (unpaired) electrons. The van der Waals surface area contributed by atoms with Crippen molar-refractivity contribution in [1.29, 1.82) is 0 Å². The van der Waals surface area contributed by atoms with E-state index < -0.39 is 11.7 Å². The zero-order chi connectivity index (χ0) is 34.3. The van der Waals surface area contributed by atoms with Gasteiger partial charge in [0, 0.05) is 61.0 Å². The highest BCUT2D eigenvalue weighted by Crippen LogP contribution is 2.29. The lowest BCUT2D eigenvalue weighted by Crippen LogP contribution is -2.23. The lowest BCUT2D eigenvalue weighted by atomic mass is 10.1. The molecule has 0 aliphatic rings. The predicted octanol–water partition coefficient (Wildman–Crippen LogP) is 7.71. The van der Waals surface area contributed by atoms with Crippen LogP contribution < -0.4 is 14.8 Å². The van der Waals surface area contributed by atoms with Gasteiger partial charge in [-0.25, -0.2) is 9.97 Å². The van der Waals surface area contributed by atoms with Gasteiger partial charge in [0.1, 0.15) is 22.8 Å². The molecule has 2 aromatic carbocycles. The van der Waals surface area contributed by atoms with Crippen LogP contribution in [0.3, 0.4) is 0 Å². The third-order valence-electron chi connectivity index (χ3n) is 7.67. The van der Waals surface area contributed by atoms with Gasteiger partial charge in [-0.2, -0.15) is 0 Å². The maximum absolute atomic E-state index is 13.0. The van der Waals surface area contributed by atoms with Crippen molar-refractivity contribution in [3.05, 3.63) is 143 Å². The number of halogens is 2. The van der Waals surface area contributed by atoms with Gasteiger partial charge in [-0.1, -0.05) is 47.5 Å². The Hall–Kier alpha value is -5.71. The van der Waals surface area contributed by atoms with Gasteiger partial charge in [0.25, 0.3) is 11.7 Å². The number of nitrogens with zero attached hydrogens (tertiary/aromatic N) is 5. The van der Waals surface area contributed by atoms with Crippen LogP contribution in [-0.2, 0) is 17.9 Å².